The number of nitrogens with two attached hydrogens (primary N) is 1. The summed E-state index contributed by atoms with van der Waals surface area (Å²) >= 11 is 0. The summed E-state index contributed by atoms with van der Waals surface area (Å²) in [5.41, 5.74) is 1.41. The monoisotopic (exact) mass is 396 g/mol. The standard InChI is InChI=1S/C18H22F6N2O/c1-16(2,26-15(27)13-5-3-4-6-14(13)25)10-7-11(17(19,20)21)9-12(8-10)18(22,23)24/h7-9,13-14H,3-6,25H2,1-2H3,(H,26,27)/t13?,14-/m0/s1. The molecule has 0 saturated heterocycles. The van der Waals surface area contributed by atoms with Crippen LogP contribution in [0.25, 0.3) is 0 Å². The SMILES string of the molecule is CC(C)(NC(=O)C1CCCC[C@@H]1N)c1cc(C(F)(F)F)cc(C(F)(F)F)c1. The number of benzene rings is 1. The lowest BCUT2D eigenvalue weighted by Gasteiger charge is -2.33. The molecule has 0 aromatic heterocycles. The normalized spacial score (nSPS) is 21.8. The lowest BCUT2D eigenvalue weighted by atomic mass is 9.83. The Morgan fingerprint density at radius 2 is 1.37 bits per heavy atom. The van der Waals surface area contributed by atoms with Gasteiger partial charge in [-0.15, -0.1) is 0 Å². The van der Waals surface area contributed by atoms with Crippen LogP contribution in [0, 0.1) is 5.92 Å². The average Bonchev–Trinajstić information content (AvgIpc) is 2.52. The number of rotatable bonds is 3. The zero-order valence-corrected chi connectivity index (χ0v) is 15.0. The van der Waals surface area contributed by atoms with Crippen molar-refractivity contribution in [2.45, 2.75) is 63.5 Å². The molecule has 0 spiro atoms. The van der Waals surface area contributed by atoms with Gasteiger partial charge in [0.15, 0.2) is 0 Å². The Bertz CT molecular complexity index is 664. The fourth-order valence-corrected chi connectivity index (χ4v) is 3.27. The molecule has 1 aromatic rings. The van der Waals surface area contributed by atoms with Crippen LogP contribution in [0.3, 0.4) is 0 Å². The van der Waals surface area contributed by atoms with Gasteiger partial charge in [0, 0.05) is 6.04 Å². The molecular formula is C18H22F6N2O. The predicted molar refractivity (Wildman–Crippen MR) is 87.5 cm³/mol. The van der Waals surface area contributed by atoms with E-state index in [0.29, 0.717) is 25.0 Å². The molecule has 1 amide bonds. The van der Waals surface area contributed by atoms with Crippen LogP contribution in [-0.2, 0) is 22.7 Å². The van der Waals surface area contributed by atoms with Crippen molar-refractivity contribution in [1.82, 2.24) is 5.32 Å². The smallest absolute Gasteiger partial charge is 0.347 e. The van der Waals surface area contributed by atoms with Crippen LogP contribution >= 0.6 is 0 Å². The molecule has 1 aliphatic rings. The van der Waals surface area contributed by atoms with Crippen molar-refractivity contribution < 1.29 is 31.1 Å². The molecule has 1 aliphatic carbocycles. The highest BCUT2D eigenvalue weighted by Gasteiger charge is 2.39. The van der Waals surface area contributed by atoms with Gasteiger partial charge in [-0.3, -0.25) is 4.79 Å². The van der Waals surface area contributed by atoms with Crippen molar-refractivity contribution in [2.75, 3.05) is 0 Å². The van der Waals surface area contributed by atoms with E-state index in [4.69, 9.17) is 5.73 Å². The molecule has 0 aliphatic heterocycles. The minimum Gasteiger partial charge on any atom is -0.347 e. The first-order valence-electron chi connectivity index (χ1n) is 8.59. The van der Waals surface area contributed by atoms with Crippen molar-refractivity contribution in [3.05, 3.63) is 34.9 Å². The van der Waals surface area contributed by atoms with Crippen LogP contribution in [0.2, 0.25) is 0 Å². The molecule has 9 heteroatoms. The third-order valence-electron chi connectivity index (χ3n) is 4.90. The molecule has 1 fully saturated rings. The number of alkyl halides is 6. The molecule has 2 atom stereocenters. The van der Waals surface area contributed by atoms with Gasteiger partial charge in [0.25, 0.3) is 0 Å². The molecule has 0 radical (unpaired) electrons. The molecule has 27 heavy (non-hydrogen) atoms. The first-order chi connectivity index (χ1) is 12.2. The second-order valence-electron chi connectivity index (χ2n) is 7.46. The van der Waals surface area contributed by atoms with Gasteiger partial charge >= 0.3 is 12.4 Å². The van der Waals surface area contributed by atoms with Crippen LogP contribution in [0.5, 0.6) is 0 Å². The van der Waals surface area contributed by atoms with Crippen LogP contribution in [0.4, 0.5) is 26.3 Å². The summed E-state index contributed by atoms with van der Waals surface area (Å²) in [6.07, 6.45) is -7.01. The quantitative estimate of drug-likeness (QED) is 0.734. The predicted octanol–water partition coefficient (Wildman–Crippen LogP) is 4.59. The van der Waals surface area contributed by atoms with Crippen LogP contribution in [0.15, 0.2) is 18.2 Å². The van der Waals surface area contributed by atoms with Crippen molar-refractivity contribution in [3.8, 4) is 0 Å². The number of halogens is 6. The van der Waals surface area contributed by atoms with Gasteiger partial charge in [-0.2, -0.15) is 26.3 Å². The molecule has 1 aromatic carbocycles. The maximum Gasteiger partial charge on any atom is 0.416 e. The van der Waals surface area contributed by atoms with Crippen molar-refractivity contribution in [3.63, 3.8) is 0 Å². The number of nitrogens with one attached hydrogen (secondary N) is 1. The Morgan fingerprint density at radius 1 is 0.926 bits per heavy atom. The van der Waals surface area contributed by atoms with Gasteiger partial charge in [-0.1, -0.05) is 12.8 Å². The van der Waals surface area contributed by atoms with Gasteiger partial charge < -0.3 is 11.1 Å². The van der Waals surface area contributed by atoms with E-state index >= 15 is 0 Å². The van der Waals surface area contributed by atoms with Gasteiger partial charge in [0.1, 0.15) is 0 Å². The topological polar surface area (TPSA) is 55.1 Å². The van der Waals surface area contributed by atoms with E-state index in [1.807, 2.05) is 0 Å². The van der Waals surface area contributed by atoms with Gasteiger partial charge in [0.05, 0.1) is 22.6 Å². The highest BCUT2D eigenvalue weighted by atomic mass is 19.4. The summed E-state index contributed by atoms with van der Waals surface area (Å²) in [5, 5.41) is 2.58. The first-order valence-corrected chi connectivity index (χ1v) is 8.59. The fourth-order valence-electron chi connectivity index (χ4n) is 3.27. The Labute approximate surface area is 153 Å². The third-order valence-corrected chi connectivity index (χ3v) is 4.90. The van der Waals surface area contributed by atoms with Crippen molar-refractivity contribution in [1.29, 1.82) is 0 Å². The average molecular weight is 396 g/mol. The first kappa shape index (κ1) is 21.5. The largest absolute Gasteiger partial charge is 0.416 e. The number of hydrogen-bond acceptors (Lipinski definition) is 2. The van der Waals surface area contributed by atoms with Gasteiger partial charge in [-0.25, -0.2) is 0 Å². The summed E-state index contributed by atoms with van der Waals surface area (Å²) in [7, 11) is 0. The second-order valence-corrected chi connectivity index (χ2v) is 7.46. The summed E-state index contributed by atoms with van der Waals surface area (Å²) in [4.78, 5) is 12.5. The number of hydrogen-bond donors (Lipinski definition) is 2. The summed E-state index contributed by atoms with van der Waals surface area (Å²) in [6.45, 7) is 2.74. The maximum atomic E-state index is 13.1. The molecule has 0 bridgehead atoms. The fraction of sp³-hybridized carbons (Fsp3) is 0.611. The Hall–Kier alpha value is -1.77. The number of carbonyl (C=O) groups is 1. The van der Waals surface area contributed by atoms with Gasteiger partial charge in [0.2, 0.25) is 5.91 Å². The minimum atomic E-state index is -4.94. The second kappa shape index (κ2) is 7.33. The van der Waals surface area contributed by atoms with Crippen LogP contribution in [0.1, 0.15) is 56.2 Å². The van der Waals surface area contributed by atoms with E-state index in [2.05, 4.69) is 5.32 Å². The van der Waals surface area contributed by atoms with Crippen LogP contribution < -0.4 is 11.1 Å². The van der Waals surface area contributed by atoms with Gasteiger partial charge in [-0.05, 0) is 50.5 Å². The maximum absolute atomic E-state index is 13.1. The molecule has 1 saturated carbocycles. The van der Waals surface area contributed by atoms with E-state index in [-0.39, 0.29) is 17.7 Å². The Kier molecular flexibility index (Phi) is 5.85. The highest BCUT2D eigenvalue weighted by molar-refractivity contribution is 5.80. The molecule has 0 heterocycles. The lowest BCUT2D eigenvalue weighted by molar-refractivity contribution is -0.143. The zero-order chi connectivity index (χ0) is 20.6. The van der Waals surface area contributed by atoms with E-state index in [1.54, 1.807) is 0 Å². The molecule has 1 unspecified atom stereocenters. The summed E-state index contributed by atoms with van der Waals surface area (Å²) < 4.78 is 78.3. The van der Waals surface area contributed by atoms with E-state index < -0.39 is 40.8 Å². The Morgan fingerprint density at radius 3 is 1.81 bits per heavy atom. The zero-order valence-electron chi connectivity index (χ0n) is 15.0. The summed E-state index contributed by atoms with van der Waals surface area (Å²) in [5.74, 6) is -0.968. The van der Waals surface area contributed by atoms with Crippen molar-refractivity contribution >= 4 is 5.91 Å². The van der Waals surface area contributed by atoms with E-state index in [0.717, 1.165) is 12.8 Å². The molecule has 2 rings (SSSR count). The lowest BCUT2D eigenvalue weighted by Crippen LogP contribution is -2.49. The van der Waals surface area contributed by atoms with Crippen LogP contribution in [-0.4, -0.2) is 11.9 Å². The molecule has 3 N–H and O–H groups in total. The third kappa shape index (κ3) is 5.15. The van der Waals surface area contributed by atoms with E-state index in [9.17, 15) is 31.1 Å². The highest BCUT2D eigenvalue weighted by Crippen LogP contribution is 2.38. The summed E-state index contributed by atoms with van der Waals surface area (Å²) in [6, 6.07) is 0.965. The number of amides is 1. The number of carbonyl (C=O) groups excluding carboxylic acids is 1. The molecule has 152 valence electrons. The van der Waals surface area contributed by atoms with Crippen molar-refractivity contribution in [2.24, 2.45) is 11.7 Å². The molecular weight excluding hydrogens is 374 g/mol. The Balaban J connectivity index is 2.37. The molecule has 3 nitrogen and oxygen atoms in total. The minimum absolute atomic E-state index is 0.0679. The van der Waals surface area contributed by atoms with E-state index in [1.165, 1.54) is 13.8 Å².